The zero-order chi connectivity index (χ0) is 25.2. The van der Waals surface area contributed by atoms with Gasteiger partial charge in [0.05, 0.1) is 11.7 Å². The maximum absolute atomic E-state index is 6.44. The van der Waals surface area contributed by atoms with Gasteiger partial charge in [-0.15, -0.1) is 0 Å². The maximum atomic E-state index is 6.44. The lowest BCUT2D eigenvalue weighted by Crippen LogP contribution is -2.29. The Balaban J connectivity index is 1.35. The molecule has 7 heteroatoms. The van der Waals surface area contributed by atoms with Crippen molar-refractivity contribution in [3.05, 3.63) is 131 Å². The summed E-state index contributed by atoms with van der Waals surface area (Å²) < 4.78 is 13.4. The number of hydrogen-bond acceptors (Lipinski definition) is 4. The summed E-state index contributed by atoms with van der Waals surface area (Å²) in [5.41, 5.74) is 2.83. The molecular formula is C30H22BrN3O2S. The van der Waals surface area contributed by atoms with Crippen molar-refractivity contribution in [2.24, 2.45) is 0 Å². The first-order valence-electron chi connectivity index (χ1n) is 11.8. The normalized spacial score (nSPS) is 17.0. The molecule has 2 atom stereocenters. The van der Waals surface area contributed by atoms with Crippen LogP contribution in [0, 0.1) is 0 Å². The van der Waals surface area contributed by atoms with Gasteiger partial charge in [-0.2, -0.15) is 0 Å². The Morgan fingerprint density at radius 2 is 1.54 bits per heavy atom. The summed E-state index contributed by atoms with van der Waals surface area (Å²) in [4.78, 5) is 6.71. The SMILES string of the molecule is S=C1NC(c2ccccn2)C(c2ccc(-c3ccc(Br)cc3)o2)N1c1ccc(Oc2ccccc2)cc1. The summed E-state index contributed by atoms with van der Waals surface area (Å²) in [6.45, 7) is 0. The molecule has 2 unspecified atom stereocenters. The van der Waals surface area contributed by atoms with Crippen LogP contribution in [0.3, 0.4) is 0 Å². The van der Waals surface area contributed by atoms with Crippen LogP contribution in [0.1, 0.15) is 23.5 Å². The number of rotatable bonds is 6. The van der Waals surface area contributed by atoms with E-state index in [9.17, 15) is 0 Å². The summed E-state index contributed by atoms with van der Waals surface area (Å²) in [6, 6.07) is 35.2. The average Bonchev–Trinajstić information content (AvgIpc) is 3.55. The molecule has 0 aliphatic carbocycles. The van der Waals surface area contributed by atoms with Crippen molar-refractivity contribution >= 4 is 38.9 Å². The predicted octanol–water partition coefficient (Wildman–Crippen LogP) is 8.07. The van der Waals surface area contributed by atoms with Crippen molar-refractivity contribution < 1.29 is 9.15 Å². The maximum Gasteiger partial charge on any atom is 0.174 e. The van der Waals surface area contributed by atoms with E-state index in [-0.39, 0.29) is 12.1 Å². The summed E-state index contributed by atoms with van der Waals surface area (Å²) in [5, 5.41) is 4.09. The molecule has 1 fully saturated rings. The number of thiocarbonyl (C=S) groups is 1. The monoisotopic (exact) mass is 567 g/mol. The zero-order valence-electron chi connectivity index (χ0n) is 19.6. The molecule has 0 saturated carbocycles. The number of nitrogens with zero attached hydrogens (tertiary/aromatic N) is 2. The molecule has 182 valence electrons. The van der Waals surface area contributed by atoms with E-state index < -0.39 is 0 Å². The van der Waals surface area contributed by atoms with Gasteiger partial charge >= 0.3 is 0 Å². The van der Waals surface area contributed by atoms with Crippen LogP contribution in [0.15, 0.2) is 124 Å². The van der Waals surface area contributed by atoms with Crippen molar-refractivity contribution in [2.45, 2.75) is 12.1 Å². The van der Waals surface area contributed by atoms with E-state index in [1.54, 1.807) is 6.20 Å². The summed E-state index contributed by atoms with van der Waals surface area (Å²) in [6.07, 6.45) is 1.80. The summed E-state index contributed by atoms with van der Waals surface area (Å²) in [5.74, 6) is 3.14. The van der Waals surface area contributed by atoms with Crippen LogP contribution in [0.5, 0.6) is 11.5 Å². The lowest BCUT2D eigenvalue weighted by Gasteiger charge is -2.26. The zero-order valence-corrected chi connectivity index (χ0v) is 22.0. The molecule has 3 heterocycles. The smallest absolute Gasteiger partial charge is 0.174 e. The van der Waals surface area contributed by atoms with Gasteiger partial charge in [0.15, 0.2) is 5.11 Å². The molecule has 0 amide bonds. The third-order valence-electron chi connectivity index (χ3n) is 6.24. The minimum Gasteiger partial charge on any atom is -0.459 e. The number of anilines is 1. The highest BCUT2D eigenvalue weighted by Gasteiger charge is 2.42. The Hall–Kier alpha value is -3.94. The van der Waals surface area contributed by atoms with Gasteiger partial charge in [-0.3, -0.25) is 4.98 Å². The van der Waals surface area contributed by atoms with Gasteiger partial charge in [-0.05, 0) is 85.0 Å². The Bertz CT molecular complexity index is 1510. The highest BCUT2D eigenvalue weighted by Crippen LogP contribution is 2.43. The van der Waals surface area contributed by atoms with Crippen LogP contribution in [0.4, 0.5) is 5.69 Å². The molecule has 1 saturated heterocycles. The fourth-order valence-electron chi connectivity index (χ4n) is 4.50. The Morgan fingerprint density at radius 1 is 0.811 bits per heavy atom. The third-order valence-corrected chi connectivity index (χ3v) is 7.08. The van der Waals surface area contributed by atoms with E-state index >= 15 is 0 Å². The third kappa shape index (κ3) is 4.88. The van der Waals surface area contributed by atoms with Gasteiger partial charge in [-0.1, -0.05) is 52.3 Å². The van der Waals surface area contributed by atoms with Crippen molar-refractivity contribution in [2.75, 3.05) is 4.90 Å². The molecule has 37 heavy (non-hydrogen) atoms. The second kappa shape index (κ2) is 10.2. The van der Waals surface area contributed by atoms with Crippen LogP contribution in [0.2, 0.25) is 0 Å². The predicted molar refractivity (Wildman–Crippen MR) is 153 cm³/mol. The van der Waals surface area contributed by atoms with Crippen LogP contribution in [-0.2, 0) is 0 Å². The number of halogens is 1. The van der Waals surface area contributed by atoms with E-state index in [1.165, 1.54) is 0 Å². The number of pyridine rings is 1. The van der Waals surface area contributed by atoms with Gasteiger partial charge in [0, 0.05) is 21.9 Å². The molecule has 1 N–H and O–H groups in total. The Morgan fingerprint density at radius 3 is 2.27 bits per heavy atom. The van der Waals surface area contributed by atoms with Crippen LogP contribution in [-0.4, -0.2) is 10.1 Å². The fourth-order valence-corrected chi connectivity index (χ4v) is 5.11. The van der Waals surface area contributed by atoms with E-state index in [2.05, 4.69) is 31.1 Å². The number of furan rings is 1. The van der Waals surface area contributed by atoms with Gasteiger partial charge in [0.2, 0.25) is 0 Å². The molecule has 5 nitrogen and oxygen atoms in total. The molecule has 0 radical (unpaired) electrons. The number of nitrogens with one attached hydrogen (secondary N) is 1. The molecule has 6 rings (SSSR count). The molecule has 0 bridgehead atoms. The van der Waals surface area contributed by atoms with E-state index in [0.717, 1.165) is 44.4 Å². The van der Waals surface area contributed by atoms with Crippen LogP contribution in [0.25, 0.3) is 11.3 Å². The summed E-state index contributed by atoms with van der Waals surface area (Å²) in [7, 11) is 0. The average molecular weight is 568 g/mol. The molecule has 1 aliphatic heterocycles. The molecule has 2 aromatic heterocycles. The number of benzene rings is 3. The lowest BCUT2D eigenvalue weighted by molar-refractivity contribution is 0.439. The minimum atomic E-state index is -0.229. The van der Waals surface area contributed by atoms with Crippen molar-refractivity contribution in [3.63, 3.8) is 0 Å². The van der Waals surface area contributed by atoms with Crippen molar-refractivity contribution in [1.29, 1.82) is 0 Å². The van der Waals surface area contributed by atoms with E-state index in [1.807, 2.05) is 109 Å². The van der Waals surface area contributed by atoms with E-state index in [0.29, 0.717) is 5.11 Å². The van der Waals surface area contributed by atoms with Gasteiger partial charge in [0.25, 0.3) is 0 Å². The first kappa shape index (κ1) is 23.5. The Kier molecular flexibility index (Phi) is 6.47. The molecule has 3 aromatic carbocycles. The standard InChI is InChI=1S/C30H22BrN3O2S/c31-21-11-9-20(10-12-21)26-17-18-27(36-26)29-28(25-8-4-5-19-32-25)33-30(37)34(29)22-13-15-24(16-14-22)35-23-6-2-1-3-7-23/h1-19,28-29H,(H,33,37). The lowest BCUT2D eigenvalue weighted by atomic mass is 10.0. The summed E-state index contributed by atoms with van der Waals surface area (Å²) >= 11 is 9.34. The highest BCUT2D eigenvalue weighted by atomic mass is 79.9. The second-order valence-electron chi connectivity index (χ2n) is 8.61. The number of aromatic nitrogens is 1. The molecular weight excluding hydrogens is 546 g/mol. The molecule has 5 aromatic rings. The Labute approximate surface area is 228 Å². The molecule has 0 spiro atoms. The van der Waals surface area contributed by atoms with E-state index in [4.69, 9.17) is 21.4 Å². The highest BCUT2D eigenvalue weighted by molar-refractivity contribution is 9.10. The topological polar surface area (TPSA) is 50.5 Å². The number of ether oxygens (including phenoxy) is 1. The molecule has 1 aliphatic rings. The first-order chi connectivity index (χ1) is 18.2. The largest absolute Gasteiger partial charge is 0.459 e. The van der Waals surface area contributed by atoms with Crippen LogP contribution < -0.4 is 15.0 Å². The number of hydrogen-bond donors (Lipinski definition) is 1. The minimum absolute atomic E-state index is 0.183. The number of para-hydroxylation sites is 1. The van der Waals surface area contributed by atoms with Crippen molar-refractivity contribution in [3.8, 4) is 22.8 Å². The van der Waals surface area contributed by atoms with Crippen LogP contribution >= 0.6 is 28.1 Å². The second-order valence-corrected chi connectivity index (χ2v) is 9.92. The van der Waals surface area contributed by atoms with Gasteiger partial charge in [0.1, 0.15) is 29.1 Å². The van der Waals surface area contributed by atoms with Gasteiger partial charge < -0.3 is 19.4 Å². The fraction of sp³-hybridized carbons (Fsp3) is 0.0667. The van der Waals surface area contributed by atoms with Crippen molar-refractivity contribution in [1.82, 2.24) is 10.3 Å². The first-order valence-corrected chi connectivity index (χ1v) is 13.1. The quantitative estimate of drug-likeness (QED) is 0.209. The van der Waals surface area contributed by atoms with Gasteiger partial charge in [-0.25, -0.2) is 0 Å².